The van der Waals surface area contributed by atoms with E-state index in [4.69, 9.17) is 0 Å². The Morgan fingerprint density at radius 3 is 3.07 bits per heavy atom. The van der Waals surface area contributed by atoms with E-state index in [2.05, 4.69) is 19.7 Å². The lowest BCUT2D eigenvalue weighted by atomic mass is 10.3. The highest BCUT2D eigenvalue weighted by molar-refractivity contribution is 7.09. The van der Waals surface area contributed by atoms with Gasteiger partial charge in [0.2, 0.25) is 5.13 Å². The molecule has 0 saturated carbocycles. The fourth-order valence-corrected chi connectivity index (χ4v) is 1.32. The average molecular weight is 206 g/mol. The van der Waals surface area contributed by atoms with E-state index >= 15 is 0 Å². The molecular formula is C8H6N4OS. The van der Waals surface area contributed by atoms with Gasteiger partial charge in [0.25, 0.3) is 5.91 Å². The minimum atomic E-state index is -0.227. The van der Waals surface area contributed by atoms with E-state index in [1.165, 1.54) is 12.5 Å². The Hall–Kier alpha value is -1.82. The number of hydrogen-bond donors (Lipinski definition) is 1. The number of nitrogens with one attached hydrogen (secondary N) is 1. The zero-order chi connectivity index (χ0) is 9.80. The molecule has 2 heterocycles. The molecule has 2 aromatic heterocycles. The molecule has 0 radical (unpaired) electrons. The lowest BCUT2D eigenvalue weighted by Gasteiger charge is -1.98. The van der Waals surface area contributed by atoms with Crippen molar-refractivity contribution in [1.29, 1.82) is 0 Å². The summed E-state index contributed by atoms with van der Waals surface area (Å²) in [5.74, 6) is -0.227. The van der Waals surface area contributed by atoms with Gasteiger partial charge in [0.1, 0.15) is 6.33 Å². The van der Waals surface area contributed by atoms with Crippen molar-refractivity contribution in [3.8, 4) is 0 Å². The fraction of sp³-hybridized carbons (Fsp3) is 0. The van der Waals surface area contributed by atoms with Crippen molar-refractivity contribution in [3.05, 3.63) is 36.4 Å². The maximum atomic E-state index is 11.5. The van der Waals surface area contributed by atoms with Crippen LogP contribution in [-0.2, 0) is 0 Å². The van der Waals surface area contributed by atoms with Crippen molar-refractivity contribution in [1.82, 2.24) is 14.3 Å². The number of pyridine rings is 1. The van der Waals surface area contributed by atoms with Crippen LogP contribution < -0.4 is 5.32 Å². The van der Waals surface area contributed by atoms with Gasteiger partial charge in [-0.2, -0.15) is 4.37 Å². The van der Waals surface area contributed by atoms with Crippen molar-refractivity contribution >= 4 is 22.6 Å². The van der Waals surface area contributed by atoms with E-state index in [0.717, 1.165) is 11.5 Å². The quantitative estimate of drug-likeness (QED) is 0.801. The first-order valence-electron chi connectivity index (χ1n) is 3.84. The fourth-order valence-electron chi connectivity index (χ4n) is 0.895. The van der Waals surface area contributed by atoms with Crippen molar-refractivity contribution in [2.45, 2.75) is 0 Å². The molecular weight excluding hydrogens is 200 g/mol. The maximum absolute atomic E-state index is 11.5. The minimum Gasteiger partial charge on any atom is -0.297 e. The van der Waals surface area contributed by atoms with Gasteiger partial charge in [-0.25, -0.2) is 4.98 Å². The molecule has 14 heavy (non-hydrogen) atoms. The van der Waals surface area contributed by atoms with Gasteiger partial charge in [-0.05, 0) is 12.1 Å². The number of anilines is 1. The smallest absolute Gasteiger partial charge is 0.259 e. The Morgan fingerprint density at radius 1 is 1.50 bits per heavy atom. The highest BCUT2D eigenvalue weighted by atomic mass is 32.1. The first kappa shape index (κ1) is 8.76. The second-order valence-corrected chi connectivity index (χ2v) is 3.22. The lowest BCUT2D eigenvalue weighted by molar-refractivity contribution is 0.102. The van der Waals surface area contributed by atoms with Gasteiger partial charge in [-0.3, -0.25) is 15.1 Å². The molecule has 0 saturated heterocycles. The number of amides is 1. The van der Waals surface area contributed by atoms with Crippen LogP contribution in [0.1, 0.15) is 10.4 Å². The normalized spacial score (nSPS) is 9.71. The third-order valence-corrected chi connectivity index (χ3v) is 2.09. The summed E-state index contributed by atoms with van der Waals surface area (Å²) in [6.07, 6.45) is 4.50. The standard InChI is InChI=1S/C8H6N4OS/c13-7(6-2-1-3-9-4-6)12-8-10-5-11-14-8/h1-5H,(H,10,11,12,13). The van der Waals surface area contributed by atoms with Gasteiger partial charge in [0.15, 0.2) is 0 Å². The Labute approximate surface area is 84.0 Å². The summed E-state index contributed by atoms with van der Waals surface area (Å²) in [6, 6.07) is 3.39. The Kier molecular flexibility index (Phi) is 2.46. The largest absolute Gasteiger partial charge is 0.297 e. The van der Waals surface area contributed by atoms with E-state index in [1.807, 2.05) is 0 Å². The topological polar surface area (TPSA) is 67.8 Å². The molecule has 5 nitrogen and oxygen atoms in total. The van der Waals surface area contributed by atoms with Gasteiger partial charge in [0.05, 0.1) is 5.56 Å². The molecule has 6 heteroatoms. The molecule has 0 atom stereocenters. The van der Waals surface area contributed by atoms with Crippen LogP contribution in [0, 0.1) is 0 Å². The van der Waals surface area contributed by atoms with E-state index in [9.17, 15) is 4.79 Å². The second-order valence-electron chi connectivity index (χ2n) is 2.44. The monoisotopic (exact) mass is 206 g/mol. The SMILES string of the molecule is O=C(Nc1ncns1)c1cccnc1. The maximum Gasteiger partial charge on any atom is 0.259 e. The number of nitrogens with zero attached hydrogens (tertiary/aromatic N) is 3. The zero-order valence-corrected chi connectivity index (χ0v) is 7.86. The van der Waals surface area contributed by atoms with Gasteiger partial charge in [-0.15, -0.1) is 0 Å². The van der Waals surface area contributed by atoms with Gasteiger partial charge in [0, 0.05) is 23.9 Å². The number of hydrogen-bond acceptors (Lipinski definition) is 5. The molecule has 0 aliphatic carbocycles. The van der Waals surface area contributed by atoms with Gasteiger partial charge in [-0.1, -0.05) is 0 Å². The van der Waals surface area contributed by atoms with Crippen molar-refractivity contribution in [2.75, 3.05) is 5.32 Å². The van der Waals surface area contributed by atoms with Crippen molar-refractivity contribution < 1.29 is 4.79 Å². The number of aromatic nitrogens is 3. The van der Waals surface area contributed by atoms with E-state index < -0.39 is 0 Å². The van der Waals surface area contributed by atoms with Crippen LogP contribution in [-0.4, -0.2) is 20.2 Å². The zero-order valence-electron chi connectivity index (χ0n) is 7.04. The second kappa shape index (κ2) is 3.93. The molecule has 0 unspecified atom stereocenters. The van der Waals surface area contributed by atoms with E-state index in [0.29, 0.717) is 10.7 Å². The Balaban J connectivity index is 2.11. The van der Waals surface area contributed by atoms with Crippen LogP contribution in [0.15, 0.2) is 30.9 Å². The van der Waals surface area contributed by atoms with Crippen molar-refractivity contribution in [2.24, 2.45) is 0 Å². The van der Waals surface area contributed by atoms with Crippen LogP contribution in [0.5, 0.6) is 0 Å². The Morgan fingerprint density at radius 2 is 2.43 bits per heavy atom. The third-order valence-electron chi connectivity index (χ3n) is 1.51. The molecule has 2 rings (SSSR count). The molecule has 0 aliphatic rings. The predicted octanol–water partition coefficient (Wildman–Crippen LogP) is 1.19. The van der Waals surface area contributed by atoms with Crippen LogP contribution >= 0.6 is 11.5 Å². The van der Waals surface area contributed by atoms with Gasteiger partial charge >= 0.3 is 0 Å². The summed E-state index contributed by atoms with van der Waals surface area (Å²) in [4.78, 5) is 19.2. The summed E-state index contributed by atoms with van der Waals surface area (Å²) in [6.45, 7) is 0. The first-order valence-corrected chi connectivity index (χ1v) is 4.61. The number of rotatable bonds is 2. The molecule has 70 valence electrons. The molecule has 0 aliphatic heterocycles. The molecule has 0 fully saturated rings. The molecule has 2 aromatic rings. The van der Waals surface area contributed by atoms with E-state index in [1.54, 1.807) is 18.3 Å². The van der Waals surface area contributed by atoms with Crippen LogP contribution in [0.25, 0.3) is 0 Å². The molecule has 0 spiro atoms. The van der Waals surface area contributed by atoms with E-state index in [-0.39, 0.29) is 5.91 Å². The summed E-state index contributed by atoms with van der Waals surface area (Å²) in [7, 11) is 0. The van der Waals surface area contributed by atoms with Crippen LogP contribution in [0.4, 0.5) is 5.13 Å². The lowest BCUT2D eigenvalue weighted by Crippen LogP contribution is -2.11. The first-order chi connectivity index (χ1) is 6.86. The predicted molar refractivity (Wildman–Crippen MR) is 52.1 cm³/mol. The third kappa shape index (κ3) is 1.91. The minimum absolute atomic E-state index is 0.227. The molecule has 0 aromatic carbocycles. The highest BCUT2D eigenvalue weighted by Crippen LogP contribution is 2.08. The highest BCUT2D eigenvalue weighted by Gasteiger charge is 2.06. The summed E-state index contributed by atoms with van der Waals surface area (Å²) >= 11 is 1.13. The van der Waals surface area contributed by atoms with Gasteiger partial charge < -0.3 is 0 Å². The molecule has 1 N–H and O–H groups in total. The number of carbonyl (C=O) groups excluding carboxylic acids is 1. The Bertz CT molecular complexity index is 414. The number of carbonyl (C=O) groups is 1. The summed E-state index contributed by atoms with van der Waals surface area (Å²) in [5.41, 5.74) is 0.502. The van der Waals surface area contributed by atoms with Crippen molar-refractivity contribution in [3.63, 3.8) is 0 Å². The summed E-state index contributed by atoms with van der Waals surface area (Å²) in [5, 5.41) is 3.09. The molecule has 1 amide bonds. The average Bonchev–Trinajstić information content (AvgIpc) is 2.72. The molecule has 0 bridgehead atoms. The summed E-state index contributed by atoms with van der Waals surface area (Å²) < 4.78 is 3.77. The van der Waals surface area contributed by atoms with Crippen LogP contribution in [0.2, 0.25) is 0 Å². The van der Waals surface area contributed by atoms with Crippen LogP contribution in [0.3, 0.4) is 0 Å².